The molecule has 1 aliphatic heterocycles. The Kier molecular flexibility index (Phi) is 5.16. The summed E-state index contributed by atoms with van der Waals surface area (Å²) >= 11 is 0. The molecule has 9 nitrogen and oxygen atoms in total. The van der Waals surface area contributed by atoms with E-state index in [1.165, 1.54) is 45.4 Å². The molecule has 0 saturated carbocycles. The summed E-state index contributed by atoms with van der Waals surface area (Å²) in [5.74, 6) is 1.00. The lowest BCUT2D eigenvalue weighted by atomic mass is 10.1. The van der Waals surface area contributed by atoms with Gasteiger partial charge in [-0.3, -0.25) is 4.79 Å². The Balaban J connectivity index is 2.03. The monoisotopic (exact) mass is 387 g/mol. The number of anilines is 1. The number of hydrazone groups is 1. The maximum absolute atomic E-state index is 12.1. The van der Waals surface area contributed by atoms with Crippen molar-refractivity contribution in [2.45, 2.75) is 13.2 Å². The van der Waals surface area contributed by atoms with Crippen molar-refractivity contribution in [1.29, 1.82) is 0 Å². The van der Waals surface area contributed by atoms with Gasteiger partial charge in [0.25, 0.3) is 0 Å². The highest BCUT2D eigenvalue weighted by Gasteiger charge is 2.34. The molecule has 148 valence electrons. The Morgan fingerprint density at radius 3 is 2.29 bits per heavy atom. The highest BCUT2D eigenvalue weighted by atomic mass is 16.5. The van der Waals surface area contributed by atoms with E-state index >= 15 is 0 Å². The van der Waals surface area contributed by atoms with Crippen molar-refractivity contribution in [3.05, 3.63) is 41.5 Å². The van der Waals surface area contributed by atoms with Gasteiger partial charge in [0.05, 0.1) is 27.0 Å². The molecule has 9 heteroatoms. The molecule has 1 aliphatic rings. The summed E-state index contributed by atoms with van der Waals surface area (Å²) in [5, 5.41) is 15.3. The van der Waals surface area contributed by atoms with E-state index in [0.29, 0.717) is 28.4 Å². The molecule has 28 heavy (non-hydrogen) atoms. The maximum atomic E-state index is 12.1. The van der Waals surface area contributed by atoms with Gasteiger partial charge in [-0.05, 0) is 30.3 Å². The lowest BCUT2D eigenvalue weighted by Gasteiger charge is -2.21. The van der Waals surface area contributed by atoms with Crippen LogP contribution in [0.5, 0.6) is 23.0 Å². The molecule has 3 N–H and O–H groups in total. The number of carbonyl (C=O) groups excluding carboxylic acids is 1. The highest BCUT2D eigenvalue weighted by molar-refractivity contribution is 5.97. The zero-order valence-corrected chi connectivity index (χ0v) is 15.9. The molecule has 2 aromatic carbocycles. The Labute approximate surface area is 161 Å². The van der Waals surface area contributed by atoms with Gasteiger partial charge in [0.1, 0.15) is 5.75 Å². The number of methoxy groups -OCH3 is 3. The second-order valence-electron chi connectivity index (χ2n) is 5.97. The van der Waals surface area contributed by atoms with Crippen LogP contribution >= 0.6 is 0 Å². The van der Waals surface area contributed by atoms with Crippen LogP contribution in [0.15, 0.2) is 35.4 Å². The number of aromatic hydroxyl groups is 1. The zero-order chi connectivity index (χ0) is 20.4. The van der Waals surface area contributed by atoms with Crippen LogP contribution in [0.4, 0.5) is 5.69 Å². The number of amides is 1. The van der Waals surface area contributed by atoms with Crippen LogP contribution in [-0.4, -0.2) is 43.2 Å². The summed E-state index contributed by atoms with van der Waals surface area (Å²) in [5.41, 5.74) is 6.92. The molecule has 3 rings (SSSR count). The van der Waals surface area contributed by atoms with Crippen LogP contribution in [0.1, 0.15) is 24.3 Å². The Morgan fingerprint density at radius 1 is 1.14 bits per heavy atom. The number of rotatable bonds is 5. The Hall–Kier alpha value is -3.62. The number of hydrogen-bond donors (Lipinski definition) is 2. The summed E-state index contributed by atoms with van der Waals surface area (Å²) < 4.78 is 22.0. The number of phenols is 1. The summed E-state index contributed by atoms with van der Waals surface area (Å²) in [6.07, 6.45) is -0.846. The van der Waals surface area contributed by atoms with Crippen molar-refractivity contribution in [3.8, 4) is 23.0 Å². The molecule has 0 bridgehead atoms. The summed E-state index contributed by atoms with van der Waals surface area (Å²) in [6.45, 7) is 1.38. The van der Waals surface area contributed by atoms with Gasteiger partial charge in [-0.25, -0.2) is 0 Å². The molecule has 0 saturated heterocycles. The topological polar surface area (TPSA) is 116 Å². The molecule has 1 unspecified atom stereocenters. The van der Waals surface area contributed by atoms with E-state index in [9.17, 15) is 9.90 Å². The van der Waals surface area contributed by atoms with Crippen LogP contribution in [0.2, 0.25) is 0 Å². The predicted molar refractivity (Wildman–Crippen MR) is 102 cm³/mol. The lowest BCUT2D eigenvalue weighted by molar-refractivity contribution is -0.135. The van der Waals surface area contributed by atoms with Crippen LogP contribution < -0.4 is 19.9 Å². The summed E-state index contributed by atoms with van der Waals surface area (Å²) in [4.78, 5) is 12.1. The number of benzene rings is 2. The van der Waals surface area contributed by atoms with E-state index in [4.69, 9.17) is 24.7 Å². The van der Waals surface area contributed by atoms with Crippen LogP contribution in [0.25, 0.3) is 0 Å². The fourth-order valence-electron chi connectivity index (χ4n) is 2.82. The quantitative estimate of drug-likeness (QED) is 0.597. The molecule has 2 aromatic rings. The van der Waals surface area contributed by atoms with Crippen LogP contribution in [-0.2, 0) is 9.53 Å². The first-order valence-corrected chi connectivity index (χ1v) is 8.33. The highest BCUT2D eigenvalue weighted by Crippen LogP contribution is 2.42. The second kappa shape index (κ2) is 7.55. The van der Waals surface area contributed by atoms with Crippen molar-refractivity contribution in [1.82, 2.24) is 5.01 Å². The van der Waals surface area contributed by atoms with E-state index in [1.807, 2.05) is 0 Å². The first kappa shape index (κ1) is 19.2. The van der Waals surface area contributed by atoms with E-state index < -0.39 is 6.23 Å². The van der Waals surface area contributed by atoms with Gasteiger partial charge in [0.2, 0.25) is 23.8 Å². The first-order chi connectivity index (χ1) is 13.4. The SMILES string of the molecule is COc1cc(C2OC(c3ccc(N)c(O)c3)=NN2C(C)=O)cc(OC)c1OC. The summed E-state index contributed by atoms with van der Waals surface area (Å²) in [6, 6.07) is 7.96. The summed E-state index contributed by atoms with van der Waals surface area (Å²) in [7, 11) is 4.50. The fraction of sp³-hybridized carbons (Fsp3) is 0.263. The smallest absolute Gasteiger partial charge is 0.243 e. The van der Waals surface area contributed by atoms with Gasteiger partial charge in [-0.1, -0.05) is 0 Å². The van der Waals surface area contributed by atoms with E-state index in [2.05, 4.69) is 5.10 Å². The number of ether oxygens (including phenoxy) is 4. The molecule has 0 aromatic heterocycles. The molecule has 0 aliphatic carbocycles. The third-order valence-electron chi connectivity index (χ3n) is 4.22. The van der Waals surface area contributed by atoms with E-state index in [0.717, 1.165) is 0 Å². The fourth-order valence-corrected chi connectivity index (χ4v) is 2.82. The van der Waals surface area contributed by atoms with Crippen molar-refractivity contribution in [3.63, 3.8) is 0 Å². The number of nitrogens with two attached hydrogens (primary N) is 1. The lowest BCUT2D eigenvalue weighted by Crippen LogP contribution is -2.25. The maximum Gasteiger partial charge on any atom is 0.243 e. The molecule has 0 radical (unpaired) electrons. The van der Waals surface area contributed by atoms with Crippen molar-refractivity contribution in [2.75, 3.05) is 27.1 Å². The first-order valence-electron chi connectivity index (χ1n) is 8.33. The molecule has 0 fully saturated rings. The van der Waals surface area contributed by atoms with Gasteiger partial charge in [-0.2, -0.15) is 5.01 Å². The van der Waals surface area contributed by atoms with Crippen molar-refractivity contribution in [2.24, 2.45) is 5.10 Å². The standard InChI is InChI=1S/C19H21N3O6/c1-10(23)22-19(12-8-15(25-2)17(27-4)16(9-12)26-3)28-18(21-22)11-5-6-13(20)14(24)7-11/h5-9,19,24H,20H2,1-4H3. The van der Waals surface area contributed by atoms with Gasteiger partial charge >= 0.3 is 0 Å². The molecule has 1 amide bonds. The number of nitrogen functional groups attached to an aromatic ring is 1. The molecular formula is C19H21N3O6. The minimum Gasteiger partial charge on any atom is -0.506 e. The number of carbonyl (C=O) groups is 1. The minimum atomic E-state index is -0.846. The van der Waals surface area contributed by atoms with E-state index in [1.54, 1.807) is 18.2 Å². The third kappa shape index (κ3) is 3.34. The largest absolute Gasteiger partial charge is 0.506 e. The second-order valence-corrected chi connectivity index (χ2v) is 5.97. The normalized spacial score (nSPS) is 15.6. The van der Waals surface area contributed by atoms with Crippen molar-refractivity contribution < 1.29 is 28.8 Å². The van der Waals surface area contributed by atoms with E-state index in [-0.39, 0.29) is 23.2 Å². The molecular weight excluding hydrogens is 366 g/mol. The Bertz CT molecular complexity index is 918. The van der Waals surface area contributed by atoms with Gasteiger partial charge in [-0.15, -0.1) is 5.10 Å². The predicted octanol–water partition coefficient (Wildman–Crippen LogP) is 2.24. The molecule has 1 atom stereocenters. The van der Waals surface area contributed by atoms with Crippen molar-refractivity contribution >= 4 is 17.5 Å². The van der Waals surface area contributed by atoms with Gasteiger partial charge < -0.3 is 29.8 Å². The Morgan fingerprint density at radius 2 is 1.79 bits per heavy atom. The number of nitrogens with zero attached hydrogens (tertiary/aromatic N) is 2. The minimum absolute atomic E-state index is 0.102. The van der Waals surface area contributed by atoms with Gasteiger partial charge in [0.15, 0.2) is 11.5 Å². The average molecular weight is 387 g/mol. The van der Waals surface area contributed by atoms with Gasteiger partial charge in [0, 0.05) is 18.1 Å². The number of phenolic OH excluding ortho intramolecular Hbond substituents is 1. The number of hydrogen-bond acceptors (Lipinski definition) is 8. The van der Waals surface area contributed by atoms with Crippen LogP contribution in [0, 0.1) is 0 Å². The van der Waals surface area contributed by atoms with Crippen LogP contribution in [0.3, 0.4) is 0 Å². The molecule has 0 spiro atoms. The average Bonchev–Trinajstić information content (AvgIpc) is 3.14. The third-order valence-corrected chi connectivity index (χ3v) is 4.22. The zero-order valence-electron chi connectivity index (χ0n) is 15.9. The molecule has 1 heterocycles.